The highest BCUT2D eigenvalue weighted by Gasteiger charge is 2.10. The summed E-state index contributed by atoms with van der Waals surface area (Å²) < 4.78 is 10.0. The van der Waals surface area contributed by atoms with Crippen molar-refractivity contribution < 1.29 is 19.1 Å². The van der Waals surface area contributed by atoms with Gasteiger partial charge in [0.1, 0.15) is 0 Å². The van der Waals surface area contributed by atoms with Crippen LogP contribution in [0.5, 0.6) is 0 Å². The zero-order valence-corrected chi connectivity index (χ0v) is 12.2. The lowest BCUT2D eigenvalue weighted by molar-refractivity contribution is -0.143. The number of ether oxygens (including phenoxy) is 2. The van der Waals surface area contributed by atoms with Crippen molar-refractivity contribution in [3.63, 3.8) is 0 Å². The van der Waals surface area contributed by atoms with E-state index < -0.39 is 0 Å². The van der Waals surface area contributed by atoms with E-state index in [9.17, 15) is 9.59 Å². The van der Waals surface area contributed by atoms with Crippen LogP contribution in [0.4, 0.5) is 0 Å². The van der Waals surface area contributed by atoms with Gasteiger partial charge in [-0.25, -0.2) is 0 Å². The van der Waals surface area contributed by atoms with Crippen LogP contribution in [0.1, 0.15) is 48.5 Å². The molecule has 0 bridgehead atoms. The fourth-order valence-electron chi connectivity index (χ4n) is 1.72. The Hall–Kier alpha value is -1.68. The molecular weight excluding hydrogens is 256 g/mol. The summed E-state index contributed by atoms with van der Waals surface area (Å²) in [5, 5.41) is 0. The standard InChI is InChI=1S/C16H22O4/c1-3-4-11-20-16(18)10-9-15(17)14-7-5-13(6-8-14)12-19-2/h5-8H,3-4,9-12H2,1-2H3. The number of esters is 1. The molecule has 4 nitrogen and oxygen atoms in total. The summed E-state index contributed by atoms with van der Waals surface area (Å²) in [6.45, 7) is 3.00. The van der Waals surface area contributed by atoms with Crippen molar-refractivity contribution in [2.75, 3.05) is 13.7 Å². The molecule has 0 radical (unpaired) electrons. The fraction of sp³-hybridized carbons (Fsp3) is 0.500. The molecule has 0 amide bonds. The monoisotopic (exact) mass is 278 g/mol. The number of methoxy groups -OCH3 is 1. The highest BCUT2D eigenvalue weighted by atomic mass is 16.5. The van der Waals surface area contributed by atoms with E-state index in [-0.39, 0.29) is 24.6 Å². The third kappa shape index (κ3) is 5.97. The molecule has 0 unspecified atom stereocenters. The van der Waals surface area contributed by atoms with E-state index in [4.69, 9.17) is 9.47 Å². The maximum atomic E-state index is 11.9. The summed E-state index contributed by atoms with van der Waals surface area (Å²) in [5.74, 6) is -0.343. The second-order valence-corrected chi connectivity index (χ2v) is 4.63. The minimum atomic E-state index is -0.303. The topological polar surface area (TPSA) is 52.6 Å². The van der Waals surface area contributed by atoms with Gasteiger partial charge in [0, 0.05) is 19.1 Å². The second-order valence-electron chi connectivity index (χ2n) is 4.63. The molecule has 0 aliphatic rings. The Balaban J connectivity index is 2.36. The number of unbranched alkanes of at least 4 members (excludes halogenated alkanes) is 1. The van der Waals surface area contributed by atoms with Crippen molar-refractivity contribution in [1.82, 2.24) is 0 Å². The molecule has 0 fully saturated rings. The van der Waals surface area contributed by atoms with Gasteiger partial charge < -0.3 is 9.47 Å². The van der Waals surface area contributed by atoms with Crippen LogP contribution in [0.3, 0.4) is 0 Å². The zero-order chi connectivity index (χ0) is 14.8. The molecule has 4 heteroatoms. The van der Waals surface area contributed by atoms with Gasteiger partial charge in [0.05, 0.1) is 19.6 Å². The Kier molecular flexibility index (Phi) is 7.58. The lowest BCUT2D eigenvalue weighted by Crippen LogP contribution is -2.09. The summed E-state index contributed by atoms with van der Waals surface area (Å²) in [6.07, 6.45) is 2.18. The van der Waals surface area contributed by atoms with Gasteiger partial charge in [-0.05, 0) is 12.0 Å². The average Bonchev–Trinajstić information content (AvgIpc) is 2.46. The van der Waals surface area contributed by atoms with Crippen molar-refractivity contribution in [2.24, 2.45) is 0 Å². The first-order chi connectivity index (χ1) is 9.67. The number of hydrogen-bond acceptors (Lipinski definition) is 4. The smallest absolute Gasteiger partial charge is 0.306 e. The molecule has 0 spiro atoms. The summed E-state index contributed by atoms with van der Waals surface area (Å²) in [4.78, 5) is 23.3. The van der Waals surface area contributed by atoms with E-state index in [2.05, 4.69) is 0 Å². The summed E-state index contributed by atoms with van der Waals surface area (Å²) in [5.41, 5.74) is 1.63. The van der Waals surface area contributed by atoms with Crippen LogP contribution in [0.2, 0.25) is 0 Å². The van der Waals surface area contributed by atoms with Gasteiger partial charge in [-0.2, -0.15) is 0 Å². The molecule has 0 heterocycles. The largest absolute Gasteiger partial charge is 0.466 e. The molecule has 1 aromatic rings. The predicted octanol–water partition coefficient (Wildman–Crippen LogP) is 3.14. The van der Waals surface area contributed by atoms with Gasteiger partial charge in [-0.3, -0.25) is 9.59 Å². The molecule has 0 aliphatic carbocycles. The summed E-state index contributed by atoms with van der Waals surface area (Å²) >= 11 is 0. The molecule has 0 atom stereocenters. The van der Waals surface area contributed by atoms with Crippen molar-refractivity contribution >= 4 is 11.8 Å². The number of ketones is 1. The van der Waals surface area contributed by atoms with Crippen LogP contribution in [-0.2, 0) is 20.9 Å². The zero-order valence-electron chi connectivity index (χ0n) is 12.2. The fourth-order valence-corrected chi connectivity index (χ4v) is 1.72. The van der Waals surface area contributed by atoms with Crippen LogP contribution in [0.25, 0.3) is 0 Å². The van der Waals surface area contributed by atoms with Crippen LogP contribution < -0.4 is 0 Å². The quantitative estimate of drug-likeness (QED) is 0.395. The van der Waals surface area contributed by atoms with Crippen molar-refractivity contribution in [2.45, 2.75) is 39.2 Å². The van der Waals surface area contributed by atoms with Gasteiger partial charge in [0.15, 0.2) is 5.78 Å². The highest BCUT2D eigenvalue weighted by Crippen LogP contribution is 2.09. The van der Waals surface area contributed by atoms with E-state index in [0.29, 0.717) is 18.8 Å². The van der Waals surface area contributed by atoms with Crippen molar-refractivity contribution in [1.29, 1.82) is 0 Å². The van der Waals surface area contributed by atoms with E-state index in [1.807, 2.05) is 19.1 Å². The molecule has 0 aliphatic heterocycles. The number of Topliss-reactive ketones (excluding diaryl/α,β-unsaturated/α-hetero) is 1. The predicted molar refractivity (Wildman–Crippen MR) is 76.6 cm³/mol. The molecule has 20 heavy (non-hydrogen) atoms. The third-order valence-corrected chi connectivity index (χ3v) is 2.90. The Labute approximate surface area is 120 Å². The van der Waals surface area contributed by atoms with E-state index in [1.54, 1.807) is 19.2 Å². The van der Waals surface area contributed by atoms with Gasteiger partial charge >= 0.3 is 5.97 Å². The maximum Gasteiger partial charge on any atom is 0.306 e. The van der Waals surface area contributed by atoms with Gasteiger partial charge in [-0.15, -0.1) is 0 Å². The highest BCUT2D eigenvalue weighted by molar-refractivity contribution is 5.97. The maximum absolute atomic E-state index is 11.9. The van der Waals surface area contributed by atoms with Crippen LogP contribution in [0.15, 0.2) is 24.3 Å². The average molecular weight is 278 g/mol. The number of hydrogen-bond donors (Lipinski definition) is 0. The second kappa shape index (κ2) is 9.26. The molecule has 1 rings (SSSR count). The van der Waals surface area contributed by atoms with E-state index in [0.717, 1.165) is 18.4 Å². The number of benzene rings is 1. The normalized spacial score (nSPS) is 10.3. The molecule has 0 N–H and O–H groups in total. The summed E-state index contributed by atoms with van der Waals surface area (Å²) in [6, 6.07) is 7.24. The molecule has 0 saturated carbocycles. The van der Waals surface area contributed by atoms with Crippen molar-refractivity contribution in [3.8, 4) is 0 Å². The lowest BCUT2D eigenvalue weighted by Gasteiger charge is -2.04. The number of carbonyl (C=O) groups excluding carboxylic acids is 2. The molecule has 110 valence electrons. The molecule has 0 saturated heterocycles. The van der Waals surface area contributed by atoms with E-state index in [1.165, 1.54) is 0 Å². The number of carbonyl (C=O) groups is 2. The van der Waals surface area contributed by atoms with Gasteiger partial charge in [-0.1, -0.05) is 37.6 Å². The third-order valence-electron chi connectivity index (χ3n) is 2.90. The van der Waals surface area contributed by atoms with Gasteiger partial charge in [0.25, 0.3) is 0 Å². The first kappa shape index (κ1) is 16.4. The minimum Gasteiger partial charge on any atom is -0.466 e. The first-order valence-electron chi connectivity index (χ1n) is 6.94. The molecule has 1 aromatic carbocycles. The number of rotatable bonds is 9. The molecule has 0 aromatic heterocycles. The van der Waals surface area contributed by atoms with Crippen LogP contribution in [-0.4, -0.2) is 25.5 Å². The first-order valence-corrected chi connectivity index (χ1v) is 6.94. The summed E-state index contributed by atoms with van der Waals surface area (Å²) in [7, 11) is 1.63. The molecular formula is C16H22O4. The van der Waals surface area contributed by atoms with Crippen molar-refractivity contribution in [3.05, 3.63) is 35.4 Å². The Morgan fingerprint density at radius 3 is 2.40 bits per heavy atom. The van der Waals surface area contributed by atoms with Crippen LogP contribution >= 0.6 is 0 Å². The van der Waals surface area contributed by atoms with E-state index >= 15 is 0 Å². The van der Waals surface area contributed by atoms with Gasteiger partial charge in [0.2, 0.25) is 0 Å². The Morgan fingerprint density at radius 2 is 1.80 bits per heavy atom. The SMILES string of the molecule is CCCCOC(=O)CCC(=O)c1ccc(COC)cc1. The minimum absolute atomic E-state index is 0.0404. The Bertz CT molecular complexity index is 423. The lowest BCUT2D eigenvalue weighted by atomic mass is 10.0. The Morgan fingerprint density at radius 1 is 1.10 bits per heavy atom. The van der Waals surface area contributed by atoms with Crippen LogP contribution in [0, 0.1) is 0 Å².